The lowest BCUT2D eigenvalue weighted by Crippen LogP contribution is -2.57. The van der Waals surface area contributed by atoms with Crippen LogP contribution in [0.15, 0.2) is 18.2 Å². The van der Waals surface area contributed by atoms with E-state index in [2.05, 4.69) is 36.0 Å². The van der Waals surface area contributed by atoms with Gasteiger partial charge in [0.05, 0.1) is 0 Å². The molecular weight excluding hydrogens is 272 g/mol. The van der Waals surface area contributed by atoms with Crippen LogP contribution in [0.1, 0.15) is 19.4 Å². The summed E-state index contributed by atoms with van der Waals surface area (Å²) >= 11 is 0. The average Bonchev–Trinajstić information content (AvgIpc) is 2.42. The lowest BCUT2D eigenvalue weighted by atomic mass is 10.0. The van der Waals surface area contributed by atoms with E-state index in [-0.39, 0.29) is 17.6 Å². The number of hydrogen-bond donors (Lipinski definition) is 1. The molecule has 21 heavy (non-hydrogen) atoms. The second kappa shape index (κ2) is 6.81. The fourth-order valence-electron chi connectivity index (χ4n) is 2.72. The fraction of sp³-hybridized carbons (Fsp3) is 0.625. The first-order chi connectivity index (χ1) is 9.90. The number of piperazine rings is 1. The minimum absolute atomic E-state index is 0.0248. The van der Waals surface area contributed by atoms with E-state index in [4.69, 9.17) is 0 Å². The summed E-state index contributed by atoms with van der Waals surface area (Å²) in [5, 5.41) is 3.20. The van der Waals surface area contributed by atoms with Gasteiger partial charge in [-0.3, -0.25) is 4.90 Å². The zero-order valence-electron chi connectivity index (χ0n) is 13.1. The number of benzene rings is 1. The molecule has 0 aromatic heterocycles. The third kappa shape index (κ3) is 4.22. The van der Waals surface area contributed by atoms with Crippen molar-refractivity contribution < 1.29 is 8.78 Å². The molecule has 0 atom stereocenters. The van der Waals surface area contributed by atoms with Gasteiger partial charge >= 0.3 is 0 Å². The van der Waals surface area contributed by atoms with Crippen molar-refractivity contribution in [2.75, 3.05) is 39.8 Å². The molecule has 1 fully saturated rings. The minimum atomic E-state index is -0.486. The number of hydrogen-bond acceptors (Lipinski definition) is 3. The van der Waals surface area contributed by atoms with Gasteiger partial charge in [0.15, 0.2) is 0 Å². The highest BCUT2D eigenvalue weighted by Crippen LogP contribution is 2.17. The van der Waals surface area contributed by atoms with Crippen molar-refractivity contribution in [3.05, 3.63) is 35.4 Å². The van der Waals surface area contributed by atoms with Crippen molar-refractivity contribution in [1.29, 1.82) is 0 Å². The highest BCUT2D eigenvalue weighted by Gasteiger charge is 2.28. The van der Waals surface area contributed by atoms with Crippen LogP contribution in [0.25, 0.3) is 0 Å². The number of nitrogens with one attached hydrogen (secondary N) is 1. The summed E-state index contributed by atoms with van der Waals surface area (Å²) in [6, 6.07) is 3.99. The molecule has 0 aliphatic carbocycles. The first-order valence-corrected chi connectivity index (χ1v) is 7.47. The van der Waals surface area contributed by atoms with Gasteiger partial charge in [0.1, 0.15) is 11.6 Å². The predicted octanol–water partition coefficient (Wildman–Crippen LogP) is 2.08. The molecular formula is C16H25F2N3. The lowest BCUT2D eigenvalue weighted by molar-refractivity contribution is 0.0617. The molecule has 2 rings (SSSR count). The minimum Gasteiger partial charge on any atom is -0.311 e. The Kier molecular flexibility index (Phi) is 5.30. The Morgan fingerprint density at radius 2 is 1.67 bits per heavy atom. The largest absolute Gasteiger partial charge is 0.311 e. The van der Waals surface area contributed by atoms with Gasteiger partial charge < -0.3 is 10.2 Å². The van der Waals surface area contributed by atoms with E-state index in [1.54, 1.807) is 0 Å². The molecule has 1 aromatic carbocycles. The summed E-state index contributed by atoms with van der Waals surface area (Å²) in [6.07, 6.45) is 0. The summed E-state index contributed by atoms with van der Waals surface area (Å²) in [5.74, 6) is -0.972. The zero-order chi connectivity index (χ0) is 15.5. The normalized spacial score (nSPS) is 18.1. The molecule has 0 spiro atoms. The first-order valence-electron chi connectivity index (χ1n) is 7.47. The molecule has 0 saturated carbocycles. The molecule has 5 heteroatoms. The molecule has 0 amide bonds. The Labute approximate surface area is 125 Å². The van der Waals surface area contributed by atoms with Crippen LogP contribution >= 0.6 is 0 Å². The molecule has 0 bridgehead atoms. The number of halogens is 2. The average molecular weight is 297 g/mol. The van der Waals surface area contributed by atoms with Crippen molar-refractivity contribution in [2.45, 2.75) is 25.9 Å². The maximum Gasteiger partial charge on any atom is 0.130 e. The van der Waals surface area contributed by atoms with Gasteiger partial charge in [-0.1, -0.05) is 6.07 Å². The molecule has 1 N–H and O–H groups in total. The fourth-order valence-corrected chi connectivity index (χ4v) is 2.72. The summed E-state index contributed by atoms with van der Waals surface area (Å²) in [4.78, 5) is 4.74. The van der Waals surface area contributed by atoms with E-state index in [0.29, 0.717) is 6.54 Å². The van der Waals surface area contributed by atoms with Gasteiger partial charge in [-0.25, -0.2) is 8.78 Å². The van der Waals surface area contributed by atoms with Crippen molar-refractivity contribution in [3.8, 4) is 0 Å². The van der Waals surface area contributed by atoms with Crippen LogP contribution < -0.4 is 5.32 Å². The zero-order valence-corrected chi connectivity index (χ0v) is 13.1. The molecule has 1 aliphatic heterocycles. The third-order valence-corrected chi connectivity index (χ3v) is 4.28. The van der Waals surface area contributed by atoms with Crippen LogP contribution in [0, 0.1) is 11.6 Å². The van der Waals surface area contributed by atoms with Crippen LogP contribution in [0.5, 0.6) is 0 Å². The molecule has 0 unspecified atom stereocenters. The van der Waals surface area contributed by atoms with Gasteiger partial charge in [0, 0.05) is 50.4 Å². The van der Waals surface area contributed by atoms with E-state index < -0.39 is 11.6 Å². The van der Waals surface area contributed by atoms with Crippen molar-refractivity contribution in [1.82, 2.24) is 15.1 Å². The number of likely N-dealkylation sites (N-methyl/N-ethyl adjacent to an activating group) is 1. The van der Waals surface area contributed by atoms with Crippen LogP contribution in [0.4, 0.5) is 8.78 Å². The Morgan fingerprint density at radius 3 is 2.24 bits per heavy atom. The number of rotatable bonds is 5. The van der Waals surface area contributed by atoms with Crippen LogP contribution in [-0.2, 0) is 6.54 Å². The smallest absolute Gasteiger partial charge is 0.130 e. The van der Waals surface area contributed by atoms with Crippen LogP contribution in [0.2, 0.25) is 0 Å². The van der Waals surface area contributed by atoms with Gasteiger partial charge in [-0.05, 0) is 33.0 Å². The van der Waals surface area contributed by atoms with Crippen LogP contribution in [-0.4, -0.2) is 55.1 Å². The molecule has 3 nitrogen and oxygen atoms in total. The van der Waals surface area contributed by atoms with E-state index in [0.717, 1.165) is 26.2 Å². The van der Waals surface area contributed by atoms with Crippen molar-refractivity contribution in [3.63, 3.8) is 0 Å². The van der Waals surface area contributed by atoms with E-state index in [9.17, 15) is 8.78 Å². The Morgan fingerprint density at radius 1 is 1.10 bits per heavy atom. The SMILES string of the molecule is CN1CCN(C(C)(C)CNCc2c(F)cccc2F)CC1. The Hall–Kier alpha value is -1.04. The highest BCUT2D eigenvalue weighted by atomic mass is 19.1. The Bertz CT molecular complexity index is 448. The van der Waals surface area contributed by atoms with Gasteiger partial charge in [0.2, 0.25) is 0 Å². The van der Waals surface area contributed by atoms with E-state index in [1.165, 1.54) is 18.2 Å². The molecule has 1 heterocycles. The topological polar surface area (TPSA) is 18.5 Å². The molecule has 118 valence electrons. The first kappa shape index (κ1) is 16.3. The monoisotopic (exact) mass is 297 g/mol. The van der Waals surface area contributed by atoms with Gasteiger partial charge in [-0.2, -0.15) is 0 Å². The van der Waals surface area contributed by atoms with Crippen LogP contribution in [0.3, 0.4) is 0 Å². The molecule has 1 aliphatic rings. The summed E-state index contributed by atoms with van der Waals surface area (Å²) in [6.45, 7) is 9.43. The standard InChI is InChI=1S/C16H25F2N3/c1-16(2,21-9-7-20(3)8-10-21)12-19-11-13-14(17)5-4-6-15(13)18/h4-6,19H,7-12H2,1-3H3. The van der Waals surface area contributed by atoms with E-state index >= 15 is 0 Å². The summed E-state index contributed by atoms with van der Waals surface area (Å²) in [5.41, 5.74) is 0.0925. The second-order valence-corrected chi connectivity index (χ2v) is 6.41. The summed E-state index contributed by atoms with van der Waals surface area (Å²) in [7, 11) is 2.13. The third-order valence-electron chi connectivity index (χ3n) is 4.28. The molecule has 1 saturated heterocycles. The van der Waals surface area contributed by atoms with E-state index in [1.807, 2.05) is 0 Å². The highest BCUT2D eigenvalue weighted by molar-refractivity contribution is 5.19. The maximum absolute atomic E-state index is 13.6. The number of nitrogens with zero attached hydrogens (tertiary/aromatic N) is 2. The lowest BCUT2D eigenvalue weighted by Gasteiger charge is -2.43. The van der Waals surface area contributed by atoms with Gasteiger partial charge in [-0.15, -0.1) is 0 Å². The van der Waals surface area contributed by atoms with Gasteiger partial charge in [0.25, 0.3) is 0 Å². The summed E-state index contributed by atoms with van der Waals surface area (Å²) < 4.78 is 27.1. The second-order valence-electron chi connectivity index (χ2n) is 6.41. The van der Waals surface area contributed by atoms with Crippen molar-refractivity contribution in [2.24, 2.45) is 0 Å². The molecule has 0 radical (unpaired) electrons. The molecule has 1 aromatic rings. The Balaban J connectivity index is 1.87. The predicted molar refractivity (Wildman–Crippen MR) is 81.2 cm³/mol. The maximum atomic E-state index is 13.6. The quantitative estimate of drug-likeness (QED) is 0.898. The van der Waals surface area contributed by atoms with Crippen molar-refractivity contribution >= 4 is 0 Å².